The third-order valence-corrected chi connectivity index (χ3v) is 3.55. The number of hydrogen-bond donors (Lipinski definition) is 2. The molecule has 0 aliphatic heterocycles. The van der Waals surface area contributed by atoms with Gasteiger partial charge in [0.25, 0.3) is 0 Å². The van der Waals surface area contributed by atoms with Gasteiger partial charge in [0, 0.05) is 18.1 Å². The Bertz CT molecular complexity index is 730. The topological polar surface area (TPSA) is 40.7 Å². The first-order valence-corrected chi connectivity index (χ1v) is 6.38. The molecule has 3 heteroatoms. The Balaban J connectivity index is 1.71. The number of imidazole rings is 1. The van der Waals surface area contributed by atoms with Gasteiger partial charge in [0.05, 0.1) is 0 Å². The lowest BCUT2D eigenvalue weighted by Gasteiger charge is -2.06. The van der Waals surface area contributed by atoms with E-state index in [1.165, 1.54) is 22.3 Å². The first-order chi connectivity index (χ1) is 9.40. The zero-order chi connectivity index (χ0) is 12.7. The molecule has 1 aliphatic rings. The SMILES string of the molecule is c1ccc2c(c1)Cc1cc(Nc3ncc[nH]3)ccc1-2. The highest BCUT2D eigenvalue weighted by molar-refractivity contribution is 5.79. The van der Waals surface area contributed by atoms with Crippen LogP contribution in [-0.4, -0.2) is 9.97 Å². The Labute approximate surface area is 111 Å². The molecule has 92 valence electrons. The third kappa shape index (κ3) is 1.71. The lowest BCUT2D eigenvalue weighted by Crippen LogP contribution is -1.93. The van der Waals surface area contributed by atoms with E-state index in [-0.39, 0.29) is 0 Å². The molecule has 0 amide bonds. The van der Waals surface area contributed by atoms with Gasteiger partial charge in [-0.05, 0) is 40.8 Å². The molecule has 0 fully saturated rings. The van der Waals surface area contributed by atoms with Gasteiger partial charge in [0.1, 0.15) is 0 Å². The average molecular weight is 247 g/mol. The highest BCUT2D eigenvalue weighted by atomic mass is 15.1. The van der Waals surface area contributed by atoms with E-state index in [9.17, 15) is 0 Å². The molecule has 19 heavy (non-hydrogen) atoms. The van der Waals surface area contributed by atoms with Gasteiger partial charge >= 0.3 is 0 Å². The van der Waals surface area contributed by atoms with Crippen LogP contribution in [0, 0.1) is 0 Å². The fraction of sp³-hybridized carbons (Fsp3) is 0.0625. The van der Waals surface area contributed by atoms with E-state index in [4.69, 9.17) is 0 Å². The minimum atomic E-state index is 0.774. The van der Waals surface area contributed by atoms with Crippen LogP contribution in [0.4, 0.5) is 11.6 Å². The Morgan fingerprint density at radius 1 is 1.00 bits per heavy atom. The van der Waals surface area contributed by atoms with Gasteiger partial charge in [-0.15, -0.1) is 0 Å². The normalized spacial score (nSPS) is 12.0. The van der Waals surface area contributed by atoms with Crippen LogP contribution >= 0.6 is 0 Å². The number of aromatic nitrogens is 2. The predicted molar refractivity (Wildman–Crippen MR) is 76.6 cm³/mol. The monoisotopic (exact) mass is 247 g/mol. The molecule has 0 atom stereocenters. The minimum Gasteiger partial charge on any atom is -0.331 e. The van der Waals surface area contributed by atoms with Gasteiger partial charge in [0.15, 0.2) is 0 Å². The number of aromatic amines is 1. The van der Waals surface area contributed by atoms with E-state index in [0.29, 0.717) is 0 Å². The number of benzene rings is 2. The van der Waals surface area contributed by atoms with Gasteiger partial charge in [-0.25, -0.2) is 4.98 Å². The second kappa shape index (κ2) is 3.99. The Morgan fingerprint density at radius 2 is 1.89 bits per heavy atom. The van der Waals surface area contributed by atoms with Gasteiger partial charge in [0.2, 0.25) is 5.95 Å². The molecule has 0 bridgehead atoms. The van der Waals surface area contributed by atoms with Gasteiger partial charge in [-0.1, -0.05) is 30.3 Å². The number of fused-ring (bicyclic) bond motifs is 3. The lowest BCUT2D eigenvalue weighted by atomic mass is 10.1. The van der Waals surface area contributed by atoms with Crippen LogP contribution in [0.3, 0.4) is 0 Å². The second-order valence-corrected chi connectivity index (χ2v) is 4.77. The Kier molecular flexibility index (Phi) is 2.18. The molecule has 0 spiro atoms. The molecule has 0 saturated carbocycles. The Morgan fingerprint density at radius 3 is 2.79 bits per heavy atom. The van der Waals surface area contributed by atoms with E-state index in [1.54, 1.807) is 6.20 Å². The van der Waals surface area contributed by atoms with Crippen molar-refractivity contribution in [2.75, 3.05) is 5.32 Å². The summed E-state index contributed by atoms with van der Waals surface area (Å²) in [4.78, 5) is 7.23. The molecule has 0 unspecified atom stereocenters. The van der Waals surface area contributed by atoms with Crippen LogP contribution in [0.15, 0.2) is 54.9 Å². The minimum absolute atomic E-state index is 0.774. The molecular formula is C16H13N3. The molecule has 2 aromatic carbocycles. The van der Waals surface area contributed by atoms with Crippen molar-refractivity contribution in [3.63, 3.8) is 0 Å². The molecule has 2 N–H and O–H groups in total. The van der Waals surface area contributed by atoms with Crippen LogP contribution in [-0.2, 0) is 6.42 Å². The summed E-state index contributed by atoms with van der Waals surface area (Å²) in [6.07, 6.45) is 4.57. The molecular weight excluding hydrogens is 234 g/mol. The summed E-state index contributed by atoms with van der Waals surface area (Å²) in [6, 6.07) is 15.1. The molecule has 1 aromatic heterocycles. The van der Waals surface area contributed by atoms with Crippen molar-refractivity contribution in [2.24, 2.45) is 0 Å². The van der Waals surface area contributed by atoms with Crippen molar-refractivity contribution >= 4 is 11.6 Å². The van der Waals surface area contributed by atoms with Crippen LogP contribution in [0.5, 0.6) is 0 Å². The summed E-state index contributed by atoms with van der Waals surface area (Å²) in [7, 11) is 0. The van der Waals surface area contributed by atoms with Crippen LogP contribution in [0.1, 0.15) is 11.1 Å². The molecule has 3 nitrogen and oxygen atoms in total. The maximum atomic E-state index is 4.18. The number of anilines is 2. The number of hydrogen-bond acceptors (Lipinski definition) is 2. The summed E-state index contributed by atoms with van der Waals surface area (Å²) in [5, 5.41) is 3.27. The molecule has 0 radical (unpaired) electrons. The summed E-state index contributed by atoms with van der Waals surface area (Å²) in [5.74, 6) is 0.774. The first kappa shape index (κ1) is 10.4. The van der Waals surface area contributed by atoms with E-state index >= 15 is 0 Å². The van der Waals surface area contributed by atoms with Gasteiger partial charge in [-0.2, -0.15) is 0 Å². The van der Waals surface area contributed by atoms with Crippen molar-refractivity contribution in [2.45, 2.75) is 6.42 Å². The zero-order valence-electron chi connectivity index (χ0n) is 10.4. The standard InChI is InChI=1S/C16H13N3/c1-2-4-14-11(3-1)9-12-10-13(5-6-15(12)14)19-16-17-7-8-18-16/h1-8,10H,9H2,(H2,17,18,19). The number of nitrogens with one attached hydrogen (secondary N) is 2. The van der Waals surface area contributed by atoms with E-state index in [2.05, 4.69) is 57.7 Å². The van der Waals surface area contributed by atoms with Crippen molar-refractivity contribution in [3.8, 4) is 11.1 Å². The molecule has 1 heterocycles. The van der Waals surface area contributed by atoms with Crippen LogP contribution in [0.25, 0.3) is 11.1 Å². The fourth-order valence-electron chi connectivity index (χ4n) is 2.69. The summed E-state index contributed by atoms with van der Waals surface area (Å²) in [6.45, 7) is 0. The average Bonchev–Trinajstić information content (AvgIpc) is 3.05. The molecule has 0 saturated heterocycles. The van der Waals surface area contributed by atoms with Gasteiger partial charge < -0.3 is 10.3 Å². The first-order valence-electron chi connectivity index (χ1n) is 6.38. The van der Waals surface area contributed by atoms with E-state index in [0.717, 1.165) is 18.1 Å². The Hall–Kier alpha value is -2.55. The van der Waals surface area contributed by atoms with Crippen molar-refractivity contribution in [1.29, 1.82) is 0 Å². The maximum absolute atomic E-state index is 4.18. The lowest BCUT2D eigenvalue weighted by molar-refractivity contribution is 1.25. The molecule has 3 aromatic rings. The quantitative estimate of drug-likeness (QED) is 0.566. The smallest absolute Gasteiger partial charge is 0.204 e. The summed E-state index contributed by atoms with van der Waals surface area (Å²) < 4.78 is 0. The predicted octanol–water partition coefficient (Wildman–Crippen LogP) is 3.72. The molecule has 4 rings (SSSR count). The van der Waals surface area contributed by atoms with Crippen molar-refractivity contribution < 1.29 is 0 Å². The van der Waals surface area contributed by atoms with Crippen LogP contribution < -0.4 is 5.32 Å². The maximum Gasteiger partial charge on any atom is 0.204 e. The fourth-order valence-corrected chi connectivity index (χ4v) is 2.69. The van der Waals surface area contributed by atoms with Crippen LogP contribution in [0.2, 0.25) is 0 Å². The van der Waals surface area contributed by atoms with Gasteiger partial charge in [-0.3, -0.25) is 0 Å². The second-order valence-electron chi connectivity index (χ2n) is 4.77. The summed E-state index contributed by atoms with van der Waals surface area (Å²) in [5.41, 5.74) is 6.56. The largest absolute Gasteiger partial charge is 0.331 e. The van der Waals surface area contributed by atoms with E-state index < -0.39 is 0 Å². The highest BCUT2D eigenvalue weighted by Gasteiger charge is 2.17. The van der Waals surface area contributed by atoms with E-state index in [1.807, 2.05) is 6.20 Å². The highest BCUT2D eigenvalue weighted by Crippen LogP contribution is 2.37. The third-order valence-electron chi connectivity index (χ3n) is 3.55. The zero-order valence-corrected chi connectivity index (χ0v) is 10.4. The number of rotatable bonds is 2. The van der Waals surface area contributed by atoms with Crippen molar-refractivity contribution in [1.82, 2.24) is 9.97 Å². The molecule has 1 aliphatic carbocycles. The van der Waals surface area contributed by atoms with Crippen molar-refractivity contribution in [3.05, 3.63) is 66.0 Å². The number of nitrogens with zero attached hydrogens (tertiary/aromatic N) is 1. The summed E-state index contributed by atoms with van der Waals surface area (Å²) >= 11 is 0. The number of H-pyrrole nitrogens is 1.